The summed E-state index contributed by atoms with van der Waals surface area (Å²) in [7, 11) is 1.57. The molecule has 30 heavy (non-hydrogen) atoms. The van der Waals surface area contributed by atoms with Gasteiger partial charge in [0.1, 0.15) is 18.0 Å². The number of allylic oxidation sites excluding steroid dienone is 1. The number of ether oxygens (including phenoxy) is 3. The second-order valence-electron chi connectivity index (χ2n) is 7.34. The standard InChI is InChI=1S/C23H20Cl2O5/c1-28-20-5-3-2-4-15(20)18-12-29-21-11-14(7-9-17(21)22(18)26)30-23(27)16-8-6-13(24)10-19(16)25/h2-6,8,10,12,14,17,21H,7,9,11H2,1H3. The SMILES string of the molecule is COc1ccccc1C1=COC2CC(OC(=O)c3ccc(Cl)cc3Cl)CCC2C1=O. The van der Waals surface area contributed by atoms with Gasteiger partial charge >= 0.3 is 5.97 Å². The van der Waals surface area contributed by atoms with Gasteiger partial charge in [-0.05, 0) is 37.1 Å². The van der Waals surface area contributed by atoms with Gasteiger partial charge in [0.05, 0.1) is 35.4 Å². The maximum Gasteiger partial charge on any atom is 0.339 e. The zero-order chi connectivity index (χ0) is 21.3. The summed E-state index contributed by atoms with van der Waals surface area (Å²) in [5.74, 6) is -0.126. The number of halogens is 2. The molecule has 0 spiro atoms. The van der Waals surface area contributed by atoms with Crippen molar-refractivity contribution in [1.29, 1.82) is 0 Å². The normalized spacial score (nSPS) is 23.1. The zero-order valence-electron chi connectivity index (χ0n) is 16.3. The van der Waals surface area contributed by atoms with Crippen molar-refractivity contribution in [3.05, 3.63) is 69.9 Å². The van der Waals surface area contributed by atoms with Crippen LogP contribution >= 0.6 is 23.2 Å². The average Bonchev–Trinajstić information content (AvgIpc) is 2.74. The van der Waals surface area contributed by atoms with E-state index in [4.69, 9.17) is 37.4 Å². The zero-order valence-corrected chi connectivity index (χ0v) is 17.8. The lowest BCUT2D eigenvalue weighted by molar-refractivity contribution is -0.126. The molecular weight excluding hydrogens is 427 g/mol. The average molecular weight is 447 g/mol. The molecule has 3 atom stereocenters. The van der Waals surface area contributed by atoms with E-state index in [1.807, 2.05) is 24.3 Å². The number of carbonyl (C=O) groups excluding carboxylic acids is 2. The Morgan fingerprint density at radius 2 is 1.93 bits per heavy atom. The predicted molar refractivity (Wildman–Crippen MR) is 114 cm³/mol. The van der Waals surface area contributed by atoms with E-state index in [9.17, 15) is 9.59 Å². The summed E-state index contributed by atoms with van der Waals surface area (Å²) < 4.78 is 16.9. The Kier molecular flexibility index (Phi) is 6.02. The number of ketones is 1. The Morgan fingerprint density at radius 3 is 2.70 bits per heavy atom. The molecule has 5 nitrogen and oxygen atoms in total. The lowest BCUT2D eigenvalue weighted by Crippen LogP contribution is -2.42. The fraction of sp³-hybridized carbons (Fsp3) is 0.304. The van der Waals surface area contributed by atoms with Crippen LogP contribution in [0.4, 0.5) is 0 Å². The van der Waals surface area contributed by atoms with E-state index in [1.165, 1.54) is 12.3 Å². The molecule has 1 heterocycles. The van der Waals surface area contributed by atoms with E-state index in [-0.39, 0.29) is 34.5 Å². The molecule has 2 aliphatic rings. The second kappa shape index (κ2) is 8.70. The monoisotopic (exact) mass is 446 g/mol. The third kappa shape index (κ3) is 4.05. The Balaban J connectivity index is 1.46. The van der Waals surface area contributed by atoms with Gasteiger partial charge in [0.25, 0.3) is 0 Å². The molecule has 1 aliphatic heterocycles. The minimum Gasteiger partial charge on any atom is -0.496 e. The smallest absolute Gasteiger partial charge is 0.339 e. The van der Waals surface area contributed by atoms with Crippen molar-refractivity contribution in [3.8, 4) is 5.75 Å². The molecule has 0 saturated heterocycles. The predicted octanol–water partition coefficient (Wildman–Crippen LogP) is 5.34. The maximum atomic E-state index is 13.1. The van der Waals surface area contributed by atoms with Gasteiger partial charge in [-0.3, -0.25) is 4.79 Å². The molecule has 0 N–H and O–H groups in total. The van der Waals surface area contributed by atoms with Crippen LogP contribution in [0.1, 0.15) is 35.2 Å². The summed E-state index contributed by atoms with van der Waals surface area (Å²) >= 11 is 12.0. The molecular formula is C23H20Cl2O5. The number of rotatable bonds is 4. The van der Waals surface area contributed by atoms with E-state index in [0.717, 1.165) is 5.56 Å². The van der Waals surface area contributed by atoms with Crippen LogP contribution in [0, 0.1) is 5.92 Å². The maximum absolute atomic E-state index is 13.1. The van der Waals surface area contributed by atoms with Gasteiger partial charge in [-0.1, -0.05) is 41.4 Å². The molecule has 1 fully saturated rings. The fourth-order valence-corrected chi connectivity index (χ4v) is 4.48. The number of benzene rings is 2. The number of fused-ring (bicyclic) bond motifs is 1. The largest absolute Gasteiger partial charge is 0.496 e. The van der Waals surface area contributed by atoms with E-state index >= 15 is 0 Å². The van der Waals surface area contributed by atoms with Crippen LogP contribution in [0.5, 0.6) is 5.75 Å². The molecule has 0 aromatic heterocycles. The first-order chi connectivity index (χ1) is 14.5. The van der Waals surface area contributed by atoms with E-state index in [0.29, 0.717) is 35.6 Å². The summed E-state index contributed by atoms with van der Waals surface area (Å²) in [6.07, 6.45) is 2.42. The molecule has 2 aromatic rings. The highest BCUT2D eigenvalue weighted by Crippen LogP contribution is 2.39. The lowest BCUT2D eigenvalue weighted by Gasteiger charge is -2.37. The number of hydrogen-bond donors (Lipinski definition) is 0. The number of carbonyl (C=O) groups is 2. The third-order valence-corrected chi connectivity index (χ3v) is 6.08. The van der Waals surface area contributed by atoms with Gasteiger partial charge in [-0.25, -0.2) is 4.79 Å². The van der Waals surface area contributed by atoms with Crippen LogP contribution in [0.25, 0.3) is 5.57 Å². The summed E-state index contributed by atoms with van der Waals surface area (Å²) in [5, 5.41) is 0.693. The summed E-state index contributed by atoms with van der Waals surface area (Å²) in [5.41, 5.74) is 1.49. The van der Waals surface area contributed by atoms with Crippen molar-refractivity contribution in [3.63, 3.8) is 0 Å². The molecule has 0 radical (unpaired) electrons. The molecule has 7 heteroatoms. The number of para-hydroxylation sites is 1. The van der Waals surface area contributed by atoms with E-state index in [1.54, 1.807) is 19.2 Å². The van der Waals surface area contributed by atoms with Gasteiger partial charge in [0.15, 0.2) is 5.78 Å². The summed E-state index contributed by atoms with van der Waals surface area (Å²) in [6, 6.07) is 12.0. The molecule has 2 aromatic carbocycles. The minimum atomic E-state index is -0.507. The van der Waals surface area contributed by atoms with Gasteiger partial charge < -0.3 is 14.2 Å². The number of hydrogen-bond acceptors (Lipinski definition) is 5. The van der Waals surface area contributed by atoms with Crippen molar-refractivity contribution in [2.45, 2.75) is 31.5 Å². The summed E-state index contributed by atoms with van der Waals surface area (Å²) in [4.78, 5) is 25.6. The molecule has 1 aliphatic carbocycles. The molecule has 0 amide bonds. The Bertz CT molecular complexity index is 1020. The van der Waals surface area contributed by atoms with Crippen molar-refractivity contribution in [1.82, 2.24) is 0 Å². The fourth-order valence-electron chi connectivity index (χ4n) is 4.00. The lowest BCUT2D eigenvalue weighted by atomic mass is 9.77. The van der Waals surface area contributed by atoms with Crippen LogP contribution in [0.2, 0.25) is 10.0 Å². The first kappa shape index (κ1) is 20.8. The van der Waals surface area contributed by atoms with E-state index < -0.39 is 5.97 Å². The summed E-state index contributed by atoms with van der Waals surface area (Å²) in [6.45, 7) is 0. The van der Waals surface area contributed by atoms with Crippen molar-refractivity contribution >= 4 is 40.5 Å². The molecule has 1 saturated carbocycles. The van der Waals surface area contributed by atoms with Gasteiger partial charge in [0.2, 0.25) is 0 Å². The van der Waals surface area contributed by atoms with Crippen LogP contribution in [0.15, 0.2) is 48.7 Å². The second-order valence-corrected chi connectivity index (χ2v) is 8.19. The van der Waals surface area contributed by atoms with Crippen LogP contribution < -0.4 is 4.74 Å². The molecule has 0 bridgehead atoms. The first-order valence-electron chi connectivity index (χ1n) is 9.67. The van der Waals surface area contributed by atoms with Crippen molar-refractivity contribution in [2.24, 2.45) is 5.92 Å². The highest BCUT2D eigenvalue weighted by Gasteiger charge is 2.42. The molecule has 4 rings (SSSR count). The highest BCUT2D eigenvalue weighted by molar-refractivity contribution is 6.36. The molecule has 156 valence electrons. The topological polar surface area (TPSA) is 61.8 Å². The highest BCUT2D eigenvalue weighted by atomic mass is 35.5. The van der Waals surface area contributed by atoms with Gasteiger partial charge in [-0.2, -0.15) is 0 Å². The van der Waals surface area contributed by atoms with Gasteiger partial charge in [0, 0.05) is 17.0 Å². The van der Waals surface area contributed by atoms with Crippen molar-refractivity contribution in [2.75, 3.05) is 7.11 Å². The van der Waals surface area contributed by atoms with Crippen molar-refractivity contribution < 1.29 is 23.8 Å². The first-order valence-corrected chi connectivity index (χ1v) is 10.4. The van der Waals surface area contributed by atoms with Crippen LogP contribution in [-0.4, -0.2) is 31.1 Å². The number of Topliss-reactive ketones (excluding diaryl/α,β-unsaturated/α-hetero) is 1. The third-order valence-electron chi connectivity index (χ3n) is 5.53. The van der Waals surface area contributed by atoms with Crippen LogP contribution in [-0.2, 0) is 14.3 Å². The van der Waals surface area contributed by atoms with Gasteiger partial charge in [-0.15, -0.1) is 0 Å². The minimum absolute atomic E-state index is 0.0290. The molecule has 3 unspecified atom stereocenters. The van der Waals surface area contributed by atoms with E-state index in [2.05, 4.69) is 0 Å². The quantitative estimate of drug-likeness (QED) is 0.593. The Labute approximate surface area is 184 Å². The number of methoxy groups -OCH3 is 1. The van der Waals surface area contributed by atoms with Crippen LogP contribution in [0.3, 0.4) is 0 Å². The number of esters is 1. The Hall–Kier alpha value is -2.50. The Morgan fingerprint density at radius 1 is 1.13 bits per heavy atom.